The molecule has 3 rings (SSSR count). The van der Waals surface area contributed by atoms with Gasteiger partial charge in [-0.15, -0.1) is 0 Å². The first-order chi connectivity index (χ1) is 11.0. The van der Waals surface area contributed by atoms with Crippen LogP contribution in [-0.2, 0) is 0 Å². The van der Waals surface area contributed by atoms with Gasteiger partial charge in [-0.3, -0.25) is 4.79 Å². The fourth-order valence-corrected chi connectivity index (χ4v) is 2.20. The van der Waals surface area contributed by atoms with Crippen molar-refractivity contribution in [3.63, 3.8) is 0 Å². The number of carbonyl (C=O) groups is 1. The monoisotopic (exact) mass is 330 g/mol. The molecule has 1 N–H and O–H groups in total. The Bertz CT molecular complexity index is 877. The van der Waals surface area contributed by atoms with Crippen molar-refractivity contribution in [1.29, 1.82) is 0 Å². The lowest BCUT2D eigenvalue weighted by atomic mass is 10.1. The fraction of sp³-hybridized carbons (Fsp3) is 0.0588. The van der Waals surface area contributed by atoms with Crippen molar-refractivity contribution in [3.8, 4) is 11.3 Å². The lowest BCUT2D eigenvalue weighted by Gasteiger charge is -2.04. The van der Waals surface area contributed by atoms with Crippen LogP contribution in [0.5, 0.6) is 0 Å². The van der Waals surface area contributed by atoms with Gasteiger partial charge in [0.1, 0.15) is 5.82 Å². The molecule has 6 heteroatoms. The van der Waals surface area contributed by atoms with E-state index in [0.29, 0.717) is 27.6 Å². The third-order valence-electron chi connectivity index (χ3n) is 3.32. The molecule has 3 aromatic rings. The van der Waals surface area contributed by atoms with Gasteiger partial charge in [0.05, 0.1) is 10.7 Å². The fourth-order valence-electron chi connectivity index (χ4n) is 2.01. The van der Waals surface area contributed by atoms with Crippen molar-refractivity contribution in [2.24, 2.45) is 0 Å². The minimum atomic E-state index is -0.458. The second-order valence-electron chi connectivity index (χ2n) is 4.97. The van der Waals surface area contributed by atoms with Gasteiger partial charge < -0.3 is 9.84 Å². The molecule has 1 amide bonds. The molecule has 2 aromatic carbocycles. The van der Waals surface area contributed by atoms with Crippen LogP contribution in [0.3, 0.4) is 0 Å². The number of amides is 1. The van der Waals surface area contributed by atoms with Gasteiger partial charge in [-0.1, -0.05) is 41.0 Å². The normalized spacial score (nSPS) is 10.6. The smallest absolute Gasteiger partial charge is 0.277 e. The summed E-state index contributed by atoms with van der Waals surface area (Å²) in [6, 6.07) is 13.0. The van der Waals surface area contributed by atoms with E-state index >= 15 is 0 Å². The summed E-state index contributed by atoms with van der Waals surface area (Å²) < 4.78 is 18.7. The van der Waals surface area contributed by atoms with Crippen molar-refractivity contribution in [3.05, 3.63) is 70.6 Å². The Labute approximate surface area is 136 Å². The SMILES string of the molecule is Cc1ccc(-c2cc(C(=O)Nc3ccccc3Cl)no2)cc1F. The molecule has 23 heavy (non-hydrogen) atoms. The number of hydrogen-bond acceptors (Lipinski definition) is 3. The molecule has 0 saturated carbocycles. The molecule has 0 aliphatic heterocycles. The van der Waals surface area contributed by atoms with Gasteiger partial charge in [0.15, 0.2) is 11.5 Å². The first kappa shape index (κ1) is 15.2. The van der Waals surface area contributed by atoms with E-state index in [4.69, 9.17) is 16.1 Å². The Morgan fingerprint density at radius 2 is 2.00 bits per heavy atom. The highest BCUT2D eigenvalue weighted by molar-refractivity contribution is 6.33. The summed E-state index contributed by atoms with van der Waals surface area (Å²) in [5.41, 5.74) is 1.60. The molecule has 0 atom stereocenters. The van der Waals surface area contributed by atoms with Gasteiger partial charge in [0, 0.05) is 11.6 Å². The second-order valence-corrected chi connectivity index (χ2v) is 5.38. The molecule has 0 radical (unpaired) electrons. The maximum atomic E-state index is 13.6. The Balaban J connectivity index is 1.82. The van der Waals surface area contributed by atoms with E-state index in [1.165, 1.54) is 12.1 Å². The Hall–Kier alpha value is -2.66. The summed E-state index contributed by atoms with van der Waals surface area (Å²) in [5.74, 6) is -0.491. The average Bonchev–Trinajstić information content (AvgIpc) is 3.02. The number of para-hydroxylation sites is 1. The van der Waals surface area contributed by atoms with Crippen LogP contribution in [0.15, 0.2) is 53.1 Å². The number of benzene rings is 2. The van der Waals surface area contributed by atoms with Gasteiger partial charge in [-0.2, -0.15) is 0 Å². The summed E-state index contributed by atoms with van der Waals surface area (Å²) >= 11 is 5.99. The Morgan fingerprint density at radius 1 is 1.22 bits per heavy atom. The zero-order chi connectivity index (χ0) is 16.4. The van der Waals surface area contributed by atoms with Gasteiger partial charge >= 0.3 is 0 Å². The quantitative estimate of drug-likeness (QED) is 0.757. The molecule has 0 saturated heterocycles. The molecule has 116 valence electrons. The van der Waals surface area contributed by atoms with Gasteiger partial charge in [-0.25, -0.2) is 4.39 Å². The van der Waals surface area contributed by atoms with E-state index in [1.54, 1.807) is 43.3 Å². The zero-order valence-corrected chi connectivity index (χ0v) is 12.9. The molecular weight excluding hydrogens is 319 g/mol. The van der Waals surface area contributed by atoms with Crippen molar-refractivity contribution >= 4 is 23.2 Å². The maximum absolute atomic E-state index is 13.6. The largest absolute Gasteiger partial charge is 0.355 e. The van der Waals surface area contributed by atoms with Crippen LogP contribution in [0.4, 0.5) is 10.1 Å². The highest BCUT2D eigenvalue weighted by Crippen LogP contribution is 2.24. The van der Waals surface area contributed by atoms with E-state index in [1.807, 2.05) is 0 Å². The van der Waals surface area contributed by atoms with E-state index in [9.17, 15) is 9.18 Å². The molecular formula is C17H12ClFN2O2. The Morgan fingerprint density at radius 3 is 2.74 bits per heavy atom. The zero-order valence-electron chi connectivity index (χ0n) is 12.1. The van der Waals surface area contributed by atoms with Crippen LogP contribution in [0.25, 0.3) is 11.3 Å². The van der Waals surface area contributed by atoms with Crippen molar-refractivity contribution < 1.29 is 13.7 Å². The van der Waals surface area contributed by atoms with Crippen molar-refractivity contribution in [2.75, 3.05) is 5.32 Å². The minimum absolute atomic E-state index is 0.0842. The van der Waals surface area contributed by atoms with Gasteiger partial charge in [-0.05, 0) is 30.7 Å². The van der Waals surface area contributed by atoms with E-state index in [2.05, 4.69) is 10.5 Å². The molecule has 0 unspecified atom stereocenters. The summed E-state index contributed by atoms with van der Waals surface area (Å²) in [4.78, 5) is 12.2. The van der Waals surface area contributed by atoms with Crippen LogP contribution in [0, 0.1) is 12.7 Å². The number of aromatic nitrogens is 1. The Kier molecular flexibility index (Phi) is 4.12. The number of aryl methyl sites for hydroxylation is 1. The summed E-state index contributed by atoms with van der Waals surface area (Å²) in [5, 5.41) is 6.78. The molecule has 4 nitrogen and oxygen atoms in total. The number of hydrogen-bond donors (Lipinski definition) is 1. The molecule has 1 aromatic heterocycles. The first-order valence-electron chi connectivity index (χ1n) is 6.84. The highest BCUT2D eigenvalue weighted by Gasteiger charge is 2.15. The van der Waals surface area contributed by atoms with Crippen LogP contribution in [0.1, 0.15) is 16.1 Å². The third-order valence-corrected chi connectivity index (χ3v) is 3.65. The van der Waals surface area contributed by atoms with Crippen molar-refractivity contribution in [2.45, 2.75) is 6.92 Å². The molecule has 0 aliphatic carbocycles. The third kappa shape index (κ3) is 3.24. The van der Waals surface area contributed by atoms with Gasteiger partial charge in [0.25, 0.3) is 5.91 Å². The number of nitrogens with one attached hydrogen (secondary N) is 1. The van der Waals surface area contributed by atoms with E-state index < -0.39 is 5.91 Å². The predicted molar refractivity (Wildman–Crippen MR) is 86.0 cm³/mol. The minimum Gasteiger partial charge on any atom is -0.355 e. The van der Waals surface area contributed by atoms with Crippen LogP contribution < -0.4 is 5.32 Å². The summed E-state index contributed by atoms with van der Waals surface area (Å²) in [7, 11) is 0. The van der Waals surface area contributed by atoms with Crippen molar-refractivity contribution in [1.82, 2.24) is 5.16 Å². The predicted octanol–water partition coefficient (Wildman–Crippen LogP) is 4.69. The van der Waals surface area contributed by atoms with Crippen LogP contribution in [-0.4, -0.2) is 11.1 Å². The van der Waals surface area contributed by atoms with Crippen LogP contribution in [0.2, 0.25) is 5.02 Å². The lowest BCUT2D eigenvalue weighted by molar-refractivity contribution is 0.101. The number of carbonyl (C=O) groups excluding carboxylic acids is 1. The first-order valence-corrected chi connectivity index (χ1v) is 7.21. The summed E-state index contributed by atoms with van der Waals surface area (Å²) in [6.45, 7) is 1.67. The second kappa shape index (κ2) is 6.22. The topological polar surface area (TPSA) is 55.1 Å². The lowest BCUT2D eigenvalue weighted by Crippen LogP contribution is -2.12. The molecule has 0 fully saturated rings. The standard InChI is InChI=1S/C17H12ClFN2O2/c1-10-6-7-11(8-13(10)19)16-9-15(21-23-16)17(22)20-14-5-3-2-4-12(14)18/h2-9H,1H3,(H,20,22). The summed E-state index contributed by atoms with van der Waals surface area (Å²) in [6.07, 6.45) is 0. The van der Waals surface area contributed by atoms with E-state index in [0.717, 1.165) is 0 Å². The molecule has 0 bridgehead atoms. The number of nitrogens with zero attached hydrogens (tertiary/aromatic N) is 1. The van der Waals surface area contributed by atoms with Crippen LogP contribution >= 0.6 is 11.6 Å². The highest BCUT2D eigenvalue weighted by atomic mass is 35.5. The van der Waals surface area contributed by atoms with E-state index in [-0.39, 0.29) is 11.5 Å². The maximum Gasteiger partial charge on any atom is 0.277 e. The van der Waals surface area contributed by atoms with Gasteiger partial charge in [0.2, 0.25) is 0 Å². The molecule has 0 spiro atoms. The number of rotatable bonds is 3. The number of anilines is 1. The average molecular weight is 331 g/mol. The number of halogens is 2. The molecule has 0 aliphatic rings. The molecule has 1 heterocycles.